The van der Waals surface area contributed by atoms with Gasteiger partial charge >= 0.3 is 0 Å². The number of benzene rings is 2. The highest BCUT2D eigenvalue weighted by atomic mass is 127. The predicted octanol–water partition coefficient (Wildman–Crippen LogP) is 3.09. The molecule has 0 aliphatic heterocycles. The number of aromatic hydroxyl groups is 1. The summed E-state index contributed by atoms with van der Waals surface area (Å²) in [5.41, 5.74) is 8.61. The van der Waals surface area contributed by atoms with Gasteiger partial charge in [0.05, 0.1) is 20.3 Å². The van der Waals surface area contributed by atoms with Crippen molar-refractivity contribution in [3.63, 3.8) is 0 Å². The summed E-state index contributed by atoms with van der Waals surface area (Å²) >= 11 is 0. The third-order valence-corrected chi connectivity index (χ3v) is 3.26. The maximum Gasteiger partial charge on any atom is 0.193 e. The van der Waals surface area contributed by atoms with Crippen LogP contribution in [0.5, 0.6) is 11.5 Å². The van der Waals surface area contributed by atoms with E-state index in [-0.39, 0.29) is 29.7 Å². The van der Waals surface area contributed by atoms with Crippen LogP contribution in [0.15, 0.2) is 47.5 Å². The Morgan fingerprint density at radius 3 is 2.62 bits per heavy atom. The van der Waals surface area contributed by atoms with Crippen molar-refractivity contribution in [2.75, 3.05) is 19.5 Å². The zero-order valence-corrected chi connectivity index (χ0v) is 16.0. The third kappa shape index (κ3) is 5.57. The first-order valence-electron chi connectivity index (χ1n) is 7.13. The fourth-order valence-corrected chi connectivity index (χ4v) is 2.11. The molecule has 0 spiro atoms. The van der Waals surface area contributed by atoms with Gasteiger partial charge in [-0.3, -0.25) is 0 Å². The Balaban J connectivity index is 0.00000288. The number of phenolic OH excluding ortho intramolecular Hbond substituents is 1. The number of nitrogens with zero attached hydrogens (tertiary/aromatic N) is 1. The molecule has 4 N–H and O–H groups in total. The average Bonchev–Trinajstić information content (AvgIpc) is 2.55. The number of methoxy groups -OCH3 is 2. The van der Waals surface area contributed by atoms with Gasteiger partial charge in [0.1, 0.15) is 0 Å². The Labute approximate surface area is 158 Å². The Morgan fingerprint density at radius 2 is 1.96 bits per heavy atom. The third-order valence-electron chi connectivity index (χ3n) is 3.26. The van der Waals surface area contributed by atoms with Crippen LogP contribution in [0.3, 0.4) is 0 Å². The lowest BCUT2D eigenvalue weighted by molar-refractivity contribution is 0.185. The number of nitrogens with two attached hydrogens (primary N) is 1. The standard InChI is InChI=1S/C17H21N3O3.HI/c1-22-11-13-5-3-4-6-14(13)20-17(18)19-10-12-7-8-16(23-2)15(21)9-12;/h3-9,21H,10-11H2,1-2H3,(H3,18,19,20);1H. The van der Waals surface area contributed by atoms with E-state index in [0.29, 0.717) is 24.9 Å². The Hall–Kier alpha value is -2.00. The summed E-state index contributed by atoms with van der Waals surface area (Å²) in [4.78, 5) is 4.28. The summed E-state index contributed by atoms with van der Waals surface area (Å²) in [5, 5.41) is 12.8. The summed E-state index contributed by atoms with van der Waals surface area (Å²) in [6, 6.07) is 12.8. The highest BCUT2D eigenvalue weighted by Crippen LogP contribution is 2.26. The van der Waals surface area contributed by atoms with E-state index >= 15 is 0 Å². The number of anilines is 1. The van der Waals surface area contributed by atoms with Crippen molar-refractivity contribution in [3.8, 4) is 11.5 Å². The van der Waals surface area contributed by atoms with E-state index in [1.54, 1.807) is 19.2 Å². The van der Waals surface area contributed by atoms with E-state index in [4.69, 9.17) is 15.2 Å². The molecule has 0 radical (unpaired) electrons. The molecule has 0 saturated heterocycles. The lowest BCUT2D eigenvalue weighted by Gasteiger charge is -2.11. The van der Waals surface area contributed by atoms with E-state index in [2.05, 4.69) is 10.3 Å². The van der Waals surface area contributed by atoms with E-state index in [9.17, 15) is 5.11 Å². The molecular formula is C17H22IN3O3. The number of hydrogen-bond acceptors (Lipinski definition) is 4. The number of guanidine groups is 1. The maximum absolute atomic E-state index is 9.75. The van der Waals surface area contributed by atoms with Gasteiger partial charge in [-0.2, -0.15) is 0 Å². The van der Waals surface area contributed by atoms with Gasteiger partial charge in [-0.1, -0.05) is 24.3 Å². The monoisotopic (exact) mass is 443 g/mol. The number of aliphatic imine (C=N–C) groups is 1. The lowest BCUT2D eigenvalue weighted by atomic mass is 10.2. The molecule has 0 aliphatic rings. The first kappa shape index (κ1) is 20.0. The minimum Gasteiger partial charge on any atom is -0.504 e. The second kappa shape index (κ2) is 9.99. The van der Waals surface area contributed by atoms with Gasteiger partial charge in [0, 0.05) is 18.4 Å². The smallest absolute Gasteiger partial charge is 0.193 e. The molecule has 0 aromatic heterocycles. The second-order valence-electron chi connectivity index (χ2n) is 4.92. The number of hydrogen-bond donors (Lipinski definition) is 3. The summed E-state index contributed by atoms with van der Waals surface area (Å²) in [6.07, 6.45) is 0. The van der Waals surface area contributed by atoms with Crippen LogP contribution in [-0.4, -0.2) is 25.3 Å². The Morgan fingerprint density at radius 1 is 1.21 bits per heavy atom. The van der Waals surface area contributed by atoms with Gasteiger partial charge in [-0.25, -0.2) is 4.99 Å². The van der Waals surface area contributed by atoms with Crippen molar-refractivity contribution in [1.29, 1.82) is 0 Å². The molecule has 2 aromatic carbocycles. The van der Waals surface area contributed by atoms with Crippen molar-refractivity contribution in [1.82, 2.24) is 0 Å². The van der Waals surface area contributed by atoms with Crippen molar-refractivity contribution in [3.05, 3.63) is 53.6 Å². The SMILES string of the molecule is COCc1ccccc1NC(N)=NCc1ccc(OC)c(O)c1.I. The van der Waals surface area contributed by atoms with Crippen LogP contribution in [-0.2, 0) is 17.9 Å². The van der Waals surface area contributed by atoms with E-state index < -0.39 is 0 Å². The highest BCUT2D eigenvalue weighted by molar-refractivity contribution is 14.0. The van der Waals surface area contributed by atoms with Crippen molar-refractivity contribution < 1.29 is 14.6 Å². The number of para-hydroxylation sites is 1. The summed E-state index contributed by atoms with van der Waals surface area (Å²) in [7, 11) is 3.15. The van der Waals surface area contributed by atoms with Gasteiger partial charge in [0.25, 0.3) is 0 Å². The highest BCUT2D eigenvalue weighted by Gasteiger charge is 2.04. The normalized spacial score (nSPS) is 10.8. The predicted molar refractivity (Wildman–Crippen MR) is 106 cm³/mol. The van der Waals surface area contributed by atoms with E-state index in [0.717, 1.165) is 16.8 Å². The first-order chi connectivity index (χ1) is 11.1. The number of rotatable bonds is 6. The summed E-state index contributed by atoms with van der Waals surface area (Å²) in [5.74, 6) is 0.804. The van der Waals surface area contributed by atoms with Crippen LogP contribution in [0.1, 0.15) is 11.1 Å². The van der Waals surface area contributed by atoms with Crippen LogP contribution >= 0.6 is 24.0 Å². The Bertz CT molecular complexity index is 693. The van der Waals surface area contributed by atoms with Crippen LogP contribution in [0.4, 0.5) is 5.69 Å². The molecule has 0 unspecified atom stereocenters. The number of ether oxygens (including phenoxy) is 2. The molecule has 0 bridgehead atoms. The maximum atomic E-state index is 9.75. The molecule has 2 aromatic rings. The number of nitrogens with one attached hydrogen (secondary N) is 1. The quantitative estimate of drug-likeness (QED) is 0.363. The van der Waals surface area contributed by atoms with Crippen LogP contribution in [0.25, 0.3) is 0 Å². The van der Waals surface area contributed by atoms with Crippen molar-refractivity contribution >= 4 is 35.6 Å². The van der Waals surface area contributed by atoms with Crippen LogP contribution < -0.4 is 15.8 Å². The zero-order chi connectivity index (χ0) is 16.7. The van der Waals surface area contributed by atoms with Gasteiger partial charge in [-0.15, -0.1) is 24.0 Å². The molecule has 0 aliphatic carbocycles. The molecule has 0 atom stereocenters. The number of halogens is 1. The Kier molecular flexibility index (Phi) is 8.34. The largest absolute Gasteiger partial charge is 0.504 e. The van der Waals surface area contributed by atoms with Gasteiger partial charge in [-0.05, 0) is 23.8 Å². The molecular weight excluding hydrogens is 421 g/mol. The summed E-state index contributed by atoms with van der Waals surface area (Å²) in [6.45, 7) is 0.839. The van der Waals surface area contributed by atoms with Crippen molar-refractivity contribution in [2.45, 2.75) is 13.2 Å². The van der Waals surface area contributed by atoms with Crippen LogP contribution in [0, 0.1) is 0 Å². The fourth-order valence-electron chi connectivity index (χ4n) is 2.11. The molecule has 0 amide bonds. The average molecular weight is 443 g/mol. The fraction of sp³-hybridized carbons (Fsp3) is 0.235. The minimum atomic E-state index is 0. The topological polar surface area (TPSA) is 89.1 Å². The molecule has 6 nitrogen and oxygen atoms in total. The van der Waals surface area contributed by atoms with Crippen LogP contribution in [0.2, 0.25) is 0 Å². The lowest BCUT2D eigenvalue weighted by Crippen LogP contribution is -2.23. The van der Waals surface area contributed by atoms with E-state index in [1.807, 2.05) is 30.3 Å². The molecule has 24 heavy (non-hydrogen) atoms. The summed E-state index contributed by atoms with van der Waals surface area (Å²) < 4.78 is 10.2. The minimum absolute atomic E-state index is 0. The molecule has 7 heteroatoms. The molecule has 0 heterocycles. The molecule has 0 saturated carbocycles. The number of phenols is 1. The van der Waals surface area contributed by atoms with Gasteiger partial charge < -0.3 is 25.6 Å². The van der Waals surface area contributed by atoms with Gasteiger partial charge in [0.15, 0.2) is 17.5 Å². The second-order valence-corrected chi connectivity index (χ2v) is 4.92. The molecule has 2 rings (SSSR count). The van der Waals surface area contributed by atoms with Crippen molar-refractivity contribution in [2.24, 2.45) is 10.7 Å². The molecule has 0 fully saturated rings. The zero-order valence-electron chi connectivity index (χ0n) is 13.7. The first-order valence-corrected chi connectivity index (χ1v) is 7.13. The molecule has 130 valence electrons. The van der Waals surface area contributed by atoms with Gasteiger partial charge in [0.2, 0.25) is 0 Å². The van der Waals surface area contributed by atoms with E-state index in [1.165, 1.54) is 7.11 Å².